The first kappa shape index (κ1) is 21.1. The molecule has 0 atom stereocenters. The molecule has 1 aliphatic rings. The Balaban J connectivity index is 1.58. The summed E-state index contributed by atoms with van der Waals surface area (Å²) in [6.07, 6.45) is 0. The lowest BCUT2D eigenvalue weighted by Gasteiger charge is -2.34. The number of para-hydroxylation sites is 1. The van der Waals surface area contributed by atoms with Crippen LogP contribution in [0.5, 0.6) is 5.75 Å². The summed E-state index contributed by atoms with van der Waals surface area (Å²) in [6, 6.07) is 15.4. The Hall–Kier alpha value is -3.12. The Bertz CT molecular complexity index is 1090. The zero-order chi connectivity index (χ0) is 22.0. The molecule has 0 radical (unpaired) electrons. The number of carbonyl (C=O) groups is 2. The minimum Gasteiger partial charge on any atom is -0.497 e. The van der Waals surface area contributed by atoms with Gasteiger partial charge in [0.2, 0.25) is 5.91 Å². The van der Waals surface area contributed by atoms with E-state index in [1.807, 2.05) is 54.3 Å². The molecule has 0 N–H and O–H groups in total. The summed E-state index contributed by atoms with van der Waals surface area (Å²) >= 11 is 0. The lowest BCUT2D eigenvalue weighted by Crippen LogP contribution is -2.48. The van der Waals surface area contributed by atoms with Gasteiger partial charge in [0, 0.05) is 68.4 Å². The van der Waals surface area contributed by atoms with Gasteiger partial charge in [0.15, 0.2) is 5.78 Å². The molecule has 0 bridgehead atoms. The molecule has 4 rings (SSSR count). The summed E-state index contributed by atoms with van der Waals surface area (Å²) in [4.78, 5) is 29.2. The minimum absolute atomic E-state index is 0.0326. The largest absolute Gasteiger partial charge is 0.497 e. The van der Waals surface area contributed by atoms with Gasteiger partial charge in [-0.25, -0.2) is 0 Å². The first-order valence-corrected chi connectivity index (χ1v) is 10.7. The average Bonchev–Trinajstić information content (AvgIpc) is 3.08. The number of piperazine rings is 1. The number of amides is 1. The molecule has 1 saturated heterocycles. The van der Waals surface area contributed by atoms with Gasteiger partial charge >= 0.3 is 0 Å². The van der Waals surface area contributed by atoms with Crippen molar-refractivity contribution in [2.45, 2.75) is 20.4 Å². The quantitative estimate of drug-likeness (QED) is 0.575. The van der Waals surface area contributed by atoms with E-state index in [9.17, 15) is 9.59 Å². The number of rotatable bonds is 6. The Morgan fingerprint density at radius 2 is 1.61 bits per heavy atom. The van der Waals surface area contributed by atoms with E-state index in [4.69, 9.17) is 4.74 Å². The van der Waals surface area contributed by atoms with Crippen molar-refractivity contribution in [1.29, 1.82) is 0 Å². The van der Waals surface area contributed by atoms with Gasteiger partial charge in [-0.05, 0) is 37.3 Å². The van der Waals surface area contributed by atoms with Crippen LogP contribution in [-0.4, -0.2) is 65.9 Å². The second kappa shape index (κ2) is 8.94. The predicted molar refractivity (Wildman–Crippen MR) is 122 cm³/mol. The van der Waals surface area contributed by atoms with E-state index in [1.54, 1.807) is 14.0 Å². The van der Waals surface area contributed by atoms with Crippen molar-refractivity contribution >= 4 is 22.6 Å². The first-order chi connectivity index (χ1) is 15.0. The number of aromatic nitrogens is 1. The first-order valence-electron chi connectivity index (χ1n) is 10.7. The van der Waals surface area contributed by atoms with Gasteiger partial charge in [0.1, 0.15) is 5.75 Å². The molecule has 2 aromatic carbocycles. The second-order valence-electron chi connectivity index (χ2n) is 8.03. The van der Waals surface area contributed by atoms with Crippen LogP contribution < -0.4 is 4.74 Å². The smallest absolute Gasteiger partial charge is 0.219 e. The topological polar surface area (TPSA) is 54.8 Å². The van der Waals surface area contributed by atoms with Crippen LogP contribution in [0.1, 0.15) is 28.5 Å². The van der Waals surface area contributed by atoms with E-state index in [0.717, 1.165) is 67.2 Å². The molecule has 31 heavy (non-hydrogen) atoms. The van der Waals surface area contributed by atoms with Gasteiger partial charge in [-0.3, -0.25) is 14.5 Å². The van der Waals surface area contributed by atoms with Crippen LogP contribution in [-0.2, 0) is 11.3 Å². The number of fused-ring (bicyclic) bond motifs is 1. The molecule has 0 unspecified atom stereocenters. The molecule has 6 nitrogen and oxygen atoms in total. The van der Waals surface area contributed by atoms with Gasteiger partial charge in [0.25, 0.3) is 0 Å². The van der Waals surface area contributed by atoms with Crippen LogP contribution in [0.4, 0.5) is 0 Å². The fourth-order valence-electron chi connectivity index (χ4n) is 4.42. The molecule has 6 heteroatoms. The summed E-state index contributed by atoms with van der Waals surface area (Å²) in [7, 11) is 1.62. The third kappa shape index (κ3) is 4.21. The number of carbonyl (C=O) groups excluding carboxylic acids is 2. The number of ketones is 1. The highest BCUT2D eigenvalue weighted by Gasteiger charge is 2.22. The van der Waals surface area contributed by atoms with Crippen molar-refractivity contribution < 1.29 is 14.3 Å². The second-order valence-corrected chi connectivity index (χ2v) is 8.03. The van der Waals surface area contributed by atoms with Gasteiger partial charge in [-0.1, -0.05) is 18.2 Å². The molecule has 0 aliphatic carbocycles. The summed E-state index contributed by atoms with van der Waals surface area (Å²) in [5.74, 6) is 0.916. The number of hydrogen-bond acceptors (Lipinski definition) is 4. The van der Waals surface area contributed by atoms with Crippen molar-refractivity contribution in [3.05, 3.63) is 65.4 Å². The van der Waals surface area contributed by atoms with Crippen molar-refractivity contribution in [2.75, 3.05) is 39.8 Å². The van der Waals surface area contributed by atoms with Gasteiger partial charge in [0.05, 0.1) is 12.7 Å². The molecular formula is C25H29N3O3. The lowest BCUT2D eigenvalue weighted by molar-refractivity contribution is -0.130. The highest BCUT2D eigenvalue weighted by molar-refractivity contribution is 6.17. The van der Waals surface area contributed by atoms with Crippen LogP contribution in [0.3, 0.4) is 0 Å². The number of benzene rings is 2. The molecule has 0 spiro atoms. The molecule has 1 aliphatic heterocycles. The molecule has 1 fully saturated rings. The van der Waals surface area contributed by atoms with Crippen LogP contribution >= 0.6 is 0 Å². The van der Waals surface area contributed by atoms with Crippen molar-refractivity contribution in [3.8, 4) is 5.75 Å². The van der Waals surface area contributed by atoms with Crippen molar-refractivity contribution in [2.24, 2.45) is 0 Å². The highest BCUT2D eigenvalue weighted by Crippen LogP contribution is 2.28. The van der Waals surface area contributed by atoms with E-state index in [1.165, 1.54) is 0 Å². The number of nitrogens with zero attached hydrogens (tertiary/aromatic N) is 3. The van der Waals surface area contributed by atoms with Crippen molar-refractivity contribution in [1.82, 2.24) is 14.4 Å². The Labute approximate surface area is 183 Å². The van der Waals surface area contributed by atoms with Gasteiger partial charge in [-0.15, -0.1) is 0 Å². The SMILES string of the molecule is COc1ccc(C(=O)c2c(C)n(CCN3CCN(C(C)=O)CC3)c3ccccc23)cc1. The van der Waals surface area contributed by atoms with E-state index in [-0.39, 0.29) is 11.7 Å². The highest BCUT2D eigenvalue weighted by atomic mass is 16.5. The third-order valence-electron chi connectivity index (χ3n) is 6.27. The van der Waals surface area contributed by atoms with Crippen LogP contribution in [0, 0.1) is 6.92 Å². The lowest BCUT2D eigenvalue weighted by atomic mass is 10.0. The molecule has 1 aromatic heterocycles. The van der Waals surface area contributed by atoms with Gasteiger partial charge < -0.3 is 14.2 Å². The van der Waals surface area contributed by atoms with E-state index < -0.39 is 0 Å². The van der Waals surface area contributed by atoms with Gasteiger partial charge in [-0.2, -0.15) is 0 Å². The Kier molecular flexibility index (Phi) is 6.09. The number of hydrogen-bond donors (Lipinski definition) is 0. The minimum atomic E-state index is 0.0326. The van der Waals surface area contributed by atoms with Crippen LogP contribution in [0.25, 0.3) is 10.9 Å². The summed E-state index contributed by atoms with van der Waals surface area (Å²) < 4.78 is 7.47. The Morgan fingerprint density at radius 1 is 0.935 bits per heavy atom. The number of ether oxygens (including phenoxy) is 1. The average molecular weight is 420 g/mol. The fraction of sp³-hybridized carbons (Fsp3) is 0.360. The maximum atomic E-state index is 13.4. The molecule has 1 amide bonds. The zero-order valence-electron chi connectivity index (χ0n) is 18.4. The standard InChI is InChI=1S/C25H29N3O3/c1-18-24(25(30)20-8-10-21(31-3)11-9-20)22-6-4-5-7-23(22)28(18)17-14-26-12-15-27(16-13-26)19(2)29/h4-11H,12-17H2,1-3H3. The maximum Gasteiger partial charge on any atom is 0.219 e. The monoisotopic (exact) mass is 419 g/mol. The normalized spacial score (nSPS) is 14.7. The molecular weight excluding hydrogens is 390 g/mol. The molecule has 2 heterocycles. The van der Waals surface area contributed by atoms with E-state index in [0.29, 0.717) is 5.56 Å². The molecule has 162 valence electrons. The molecule has 0 saturated carbocycles. The third-order valence-corrected chi connectivity index (χ3v) is 6.27. The van der Waals surface area contributed by atoms with Crippen LogP contribution in [0.2, 0.25) is 0 Å². The summed E-state index contributed by atoms with van der Waals surface area (Å²) in [6.45, 7) is 8.69. The predicted octanol–water partition coefficient (Wildman–Crippen LogP) is 3.35. The summed E-state index contributed by atoms with van der Waals surface area (Å²) in [5.41, 5.74) is 3.50. The maximum absolute atomic E-state index is 13.4. The zero-order valence-corrected chi connectivity index (χ0v) is 18.4. The summed E-state index contributed by atoms with van der Waals surface area (Å²) in [5, 5.41) is 0.988. The van der Waals surface area contributed by atoms with E-state index >= 15 is 0 Å². The number of methoxy groups -OCH3 is 1. The van der Waals surface area contributed by atoms with Crippen molar-refractivity contribution in [3.63, 3.8) is 0 Å². The fourth-order valence-corrected chi connectivity index (χ4v) is 4.42. The Morgan fingerprint density at radius 3 is 2.26 bits per heavy atom. The molecule has 3 aromatic rings. The van der Waals surface area contributed by atoms with E-state index in [2.05, 4.69) is 15.5 Å². The van der Waals surface area contributed by atoms with Crippen LogP contribution in [0.15, 0.2) is 48.5 Å².